The van der Waals surface area contributed by atoms with E-state index in [1.165, 1.54) is 17.5 Å². The predicted octanol–water partition coefficient (Wildman–Crippen LogP) is 2.38. The van der Waals surface area contributed by atoms with E-state index in [1.807, 2.05) is 6.07 Å². The molecule has 4 rings (SSSR count). The Morgan fingerprint density at radius 3 is 2.52 bits per heavy atom. The standard InChI is InChI=1S/C15H7N3O2S/c19-12-8-4-3-7-17-10(8)13(20)14-11(12)18-15(21-14)9-5-1-2-6-16-9/h1-7H. The number of pyridine rings is 2. The molecule has 0 saturated heterocycles. The Balaban J connectivity index is 1.92. The molecule has 0 aliphatic heterocycles. The van der Waals surface area contributed by atoms with Crippen LogP contribution in [0.15, 0.2) is 42.7 Å². The lowest BCUT2D eigenvalue weighted by atomic mass is 9.96. The van der Waals surface area contributed by atoms with Crippen LogP contribution < -0.4 is 0 Å². The molecule has 0 N–H and O–H groups in total. The van der Waals surface area contributed by atoms with Crippen LogP contribution in [-0.4, -0.2) is 26.5 Å². The zero-order valence-electron chi connectivity index (χ0n) is 10.6. The fourth-order valence-electron chi connectivity index (χ4n) is 2.23. The van der Waals surface area contributed by atoms with E-state index < -0.39 is 0 Å². The number of ketones is 2. The van der Waals surface area contributed by atoms with Crippen LogP contribution in [0.25, 0.3) is 10.7 Å². The second-order valence-corrected chi connectivity index (χ2v) is 5.47. The lowest BCUT2D eigenvalue weighted by Crippen LogP contribution is -2.20. The summed E-state index contributed by atoms with van der Waals surface area (Å²) < 4.78 is 0. The normalized spacial score (nSPS) is 13.0. The Morgan fingerprint density at radius 1 is 0.857 bits per heavy atom. The molecule has 21 heavy (non-hydrogen) atoms. The van der Waals surface area contributed by atoms with Gasteiger partial charge >= 0.3 is 0 Å². The molecule has 100 valence electrons. The molecule has 3 aromatic rings. The molecule has 0 saturated carbocycles. The molecule has 0 bridgehead atoms. The van der Waals surface area contributed by atoms with Crippen LogP contribution in [0.1, 0.15) is 31.4 Å². The minimum Gasteiger partial charge on any atom is -0.287 e. The number of hydrogen-bond acceptors (Lipinski definition) is 6. The molecule has 0 fully saturated rings. The van der Waals surface area contributed by atoms with Crippen molar-refractivity contribution in [3.05, 3.63) is 64.6 Å². The molecule has 1 aliphatic rings. The number of aromatic nitrogens is 3. The summed E-state index contributed by atoms with van der Waals surface area (Å²) in [6.45, 7) is 0. The first-order valence-electron chi connectivity index (χ1n) is 6.22. The van der Waals surface area contributed by atoms with E-state index in [0.717, 1.165) is 0 Å². The minimum atomic E-state index is -0.258. The Labute approximate surface area is 123 Å². The molecule has 0 radical (unpaired) electrons. The number of carbonyl (C=O) groups excluding carboxylic acids is 2. The average Bonchev–Trinajstić information content (AvgIpc) is 2.99. The van der Waals surface area contributed by atoms with Gasteiger partial charge in [-0.25, -0.2) is 4.98 Å². The first-order valence-corrected chi connectivity index (χ1v) is 7.04. The third-order valence-electron chi connectivity index (χ3n) is 3.20. The highest BCUT2D eigenvalue weighted by atomic mass is 32.1. The van der Waals surface area contributed by atoms with Gasteiger partial charge in [-0.2, -0.15) is 0 Å². The summed E-state index contributed by atoms with van der Waals surface area (Å²) >= 11 is 1.18. The van der Waals surface area contributed by atoms with Crippen LogP contribution in [0, 0.1) is 0 Å². The van der Waals surface area contributed by atoms with Crippen LogP contribution >= 0.6 is 11.3 Å². The quantitative estimate of drug-likeness (QED) is 0.538. The SMILES string of the molecule is O=C1c2cccnc2C(=O)c2sc(-c3ccccn3)nc21. The van der Waals surface area contributed by atoms with Crippen molar-refractivity contribution in [3.63, 3.8) is 0 Å². The molecule has 5 nitrogen and oxygen atoms in total. The van der Waals surface area contributed by atoms with Crippen molar-refractivity contribution in [2.45, 2.75) is 0 Å². The Morgan fingerprint density at radius 2 is 1.71 bits per heavy atom. The molecular formula is C15H7N3O2S. The van der Waals surface area contributed by atoms with Crippen LogP contribution in [0.4, 0.5) is 0 Å². The highest BCUT2D eigenvalue weighted by molar-refractivity contribution is 7.17. The minimum absolute atomic E-state index is 0.200. The lowest BCUT2D eigenvalue weighted by Gasteiger charge is -2.10. The van der Waals surface area contributed by atoms with Crippen molar-refractivity contribution < 1.29 is 9.59 Å². The molecule has 0 atom stereocenters. The average molecular weight is 293 g/mol. The number of hydrogen-bond donors (Lipinski definition) is 0. The first kappa shape index (κ1) is 12.0. The van der Waals surface area contributed by atoms with Gasteiger partial charge in [-0.3, -0.25) is 19.6 Å². The van der Waals surface area contributed by atoms with Crippen molar-refractivity contribution in [2.75, 3.05) is 0 Å². The third kappa shape index (κ3) is 1.73. The van der Waals surface area contributed by atoms with Crippen LogP contribution in [0.5, 0.6) is 0 Å². The summed E-state index contributed by atoms with van der Waals surface area (Å²) in [5.41, 5.74) is 1.36. The third-order valence-corrected chi connectivity index (χ3v) is 4.28. The monoisotopic (exact) mass is 293 g/mol. The first-order chi connectivity index (χ1) is 10.3. The Kier molecular flexibility index (Phi) is 2.52. The van der Waals surface area contributed by atoms with E-state index in [1.54, 1.807) is 30.5 Å². The van der Waals surface area contributed by atoms with Gasteiger partial charge in [0.15, 0.2) is 0 Å². The molecule has 0 amide bonds. The summed E-state index contributed by atoms with van der Waals surface area (Å²) in [6, 6.07) is 8.67. The van der Waals surface area contributed by atoms with Crippen molar-refractivity contribution >= 4 is 22.9 Å². The summed E-state index contributed by atoms with van der Waals surface area (Å²) in [6.07, 6.45) is 3.16. The Hall–Kier alpha value is -2.73. The van der Waals surface area contributed by atoms with Gasteiger partial charge in [-0.05, 0) is 24.3 Å². The molecular weight excluding hydrogens is 286 g/mol. The summed E-state index contributed by atoms with van der Waals surface area (Å²) in [5.74, 6) is -0.508. The van der Waals surface area contributed by atoms with Crippen molar-refractivity contribution in [3.8, 4) is 10.7 Å². The van der Waals surface area contributed by atoms with E-state index in [9.17, 15) is 9.59 Å². The fourth-order valence-corrected chi connectivity index (χ4v) is 3.21. The van der Waals surface area contributed by atoms with E-state index in [0.29, 0.717) is 21.1 Å². The molecule has 0 spiro atoms. The molecule has 0 unspecified atom stereocenters. The van der Waals surface area contributed by atoms with E-state index >= 15 is 0 Å². The predicted molar refractivity (Wildman–Crippen MR) is 76.4 cm³/mol. The van der Waals surface area contributed by atoms with Crippen molar-refractivity contribution in [1.82, 2.24) is 15.0 Å². The molecule has 6 heteroatoms. The maximum Gasteiger partial charge on any atom is 0.224 e. The second kappa shape index (κ2) is 4.39. The van der Waals surface area contributed by atoms with Gasteiger partial charge in [-0.15, -0.1) is 11.3 Å². The van der Waals surface area contributed by atoms with Crippen molar-refractivity contribution in [2.24, 2.45) is 0 Å². The summed E-state index contributed by atoms with van der Waals surface area (Å²) in [4.78, 5) is 37.7. The molecule has 1 aliphatic carbocycles. The molecule has 3 heterocycles. The number of nitrogens with zero attached hydrogens (tertiary/aromatic N) is 3. The van der Waals surface area contributed by atoms with Crippen molar-refractivity contribution in [1.29, 1.82) is 0 Å². The highest BCUT2D eigenvalue weighted by Crippen LogP contribution is 2.33. The van der Waals surface area contributed by atoms with Gasteiger partial charge in [0.2, 0.25) is 11.6 Å². The maximum atomic E-state index is 12.4. The van der Waals surface area contributed by atoms with Gasteiger partial charge in [0.25, 0.3) is 0 Å². The largest absolute Gasteiger partial charge is 0.287 e. The fraction of sp³-hybridized carbons (Fsp3) is 0. The molecule has 0 aromatic carbocycles. The van der Waals surface area contributed by atoms with Gasteiger partial charge in [-0.1, -0.05) is 6.07 Å². The molecule has 3 aromatic heterocycles. The number of thiazole rings is 1. The van der Waals surface area contributed by atoms with Crippen LogP contribution in [0.2, 0.25) is 0 Å². The van der Waals surface area contributed by atoms with Gasteiger partial charge in [0.05, 0.1) is 11.3 Å². The van der Waals surface area contributed by atoms with Gasteiger partial charge in [0, 0.05) is 12.4 Å². The zero-order chi connectivity index (χ0) is 14.4. The Bertz CT molecular complexity index is 834. The second-order valence-electron chi connectivity index (χ2n) is 4.47. The maximum absolute atomic E-state index is 12.4. The van der Waals surface area contributed by atoms with Crippen LogP contribution in [0.3, 0.4) is 0 Å². The summed E-state index contributed by atoms with van der Waals surface area (Å²) in [7, 11) is 0. The number of carbonyl (C=O) groups is 2. The zero-order valence-corrected chi connectivity index (χ0v) is 11.4. The van der Waals surface area contributed by atoms with Crippen LogP contribution in [-0.2, 0) is 0 Å². The number of fused-ring (bicyclic) bond motifs is 2. The van der Waals surface area contributed by atoms with Gasteiger partial charge in [0.1, 0.15) is 21.3 Å². The topological polar surface area (TPSA) is 72.8 Å². The van der Waals surface area contributed by atoms with Gasteiger partial charge < -0.3 is 0 Å². The van der Waals surface area contributed by atoms with E-state index in [-0.39, 0.29) is 23.0 Å². The van der Waals surface area contributed by atoms with E-state index in [4.69, 9.17) is 0 Å². The smallest absolute Gasteiger partial charge is 0.224 e. The summed E-state index contributed by atoms with van der Waals surface area (Å²) in [5, 5.41) is 0.565. The number of rotatable bonds is 1. The lowest BCUT2D eigenvalue weighted by molar-refractivity contribution is 0.0975. The highest BCUT2D eigenvalue weighted by Gasteiger charge is 2.34. The van der Waals surface area contributed by atoms with E-state index in [2.05, 4.69) is 15.0 Å².